The van der Waals surface area contributed by atoms with Crippen LogP contribution in [0.5, 0.6) is 5.88 Å². The van der Waals surface area contributed by atoms with Gasteiger partial charge < -0.3 is 4.52 Å². The molecule has 1 aromatic heterocycles. The summed E-state index contributed by atoms with van der Waals surface area (Å²) in [7, 11) is -3.95. The molecule has 1 saturated heterocycles. The Morgan fingerprint density at radius 2 is 1.15 bits per heavy atom. The highest BCUT2D eigenvalue weighted by Crippen LogP contribution is 2.53. The van der Waals surface area contributed by atoms with Crippen LogP contribution >= 0.6 is 86.1 Å². The quantitative estimate of drug-likeness (QED) is 0.113. The summed E-state index contributed by atoms with van der Waals surface area (Å²) in [4.78, 5) is 53.1. The summed E-state index contributed by atoms with van der Waals surface area (Å²) in [5.74, 6) is -0.0576. The molecule has 0 unspecified atom stereocenters. The average Bonchev–Trinajstić information content (AvgIpc) is 3.90. The van der Waals surface area contributed by atoms with Crippen LogP contribution in [0.15, 0.2) is 105 Å². The SMILES string of the molecule is CCOP(=O)(OCC)Oc1cnc2n1[C@](C)(Cc1ccc(Br)cc1)C(=O)N2c1cc(Cl)cc(Cl)c1.C[C@@]1(Cc2ccc(Br)cc2)C(=O)N(c2cc(Cl)cc(Cl)c2)C2=NCC(=O)N21. The molecule has 5 aromatic rings. The molecule has 4 heterocycles. The van der Waals surface area contributed by atoms with E-state index < -0.39 is 18.9 Å². The van der Waals surface area contributed by atoms with Gasteiger partial charge in [0.25, 0.3) is 17.7 Å². The van der Waals surface area contributed by atoms with Gasteiger partial charge in [-0.25, -0.2) is 24.3 Å². The molecule has 0 bridgehead atoms. The Balaban J connectivity index is 0.000000192. The average molecular weight is 1070 g/mol. The van der Waals surface area contributed by atoms with Gasteiger partial charge in [0.2, 0.25) is 17.8 Å². The van der Waals surface area contributed by atoms with Gasteiger partial charge in [-0.05, 0) is 99.5 Å². The third-order valence-corrected chi connectivity index (χ3v) is 13.6. The molecule has 13 nitrogen and oxygen atoms in total. The third kappa shape index (κ3) is 9.11. The summed E-state index contributed by atoms with van der Waals surface area (Å²) in [5, 5.41) is 1.55. The van der Waals surface area contributed by atoms with Crippen LogP contribution in [0.3, 0.4) is 0 Å². The van der Waals surface area contributed by atoms with Crippen molar-refractivity contribution in [3.05, 3.63) is 131 Å². The minimum Gasteiger partial charge on any atom is -0.386 e. The lowest BCUT2D eigenvalue weighted by atomic mass is 9.91. The molecular weight excluding hydrogens is 1030 g/mol. The highest BCUT2D eigenvalue weighted by atomic mass is 79.9. The summed E-state index contributed by atoms with van der Waals surface area (Å²) in [5.41, 5.74) is 0.526. The molecule has 0 saturated carbocycles. The second-order valence-electron chi connectivity index (χ2n) is 14.6. The van der Waals surface area contributed by atoms with Gasteiger partial charge in [-0.3, -0.25) is 32.9 Å². The second-order valence-corrected chi connectivity index (χ2v) is 19.8. The van der Waals surface area contributed by atoms with E-state index in [1.54, 1.807) is 68.7 Å². The molecule has 4 aromatic carbocycles. The van der Waals surface area contributed by atoms with Gasteiger partial charge in [0.1, 0.15) is 17.6 Å². The van der Waals surface area contributed by atoms with E-state index in [9.17, 15) is 18.9 Å². The number of halogens is 6. The van der Waals surface area contributed by atoms with Crippen LogP contribution in [-0.4, -0.2) is 63.4 Å². The van der Waals surface area contributed by atoms with Gasteiger partial charge in [-0.15, -0.1) is 0 Å². The zero-order chi connectivity index (χ0) is 44.7. The van der Waals surface area contributed by atoms with Crippen molar-refractivity contribution in [2.45, 2.75) is 51.6 Å². The summed E-state index contributed by atoms with van der Waals surface area (Å²) >= 11 is 31.5. The minimum atomic E-state index is -3.95. The van der Waals surface area contributed by atoms with Crippen LogP contribution in [0.1, 0.15) is 38.8 Å². The number of hydrogen-bond acceptors (Lipinski definition) is 9. The standard InChI is InChI=1S/C23H23BrCl2N3O5P.C19H14BrCl2N3O2/c1-4-32-35(31,33-5-2)34-20-14-27-22-28(19-11-17(25)10-18(26)12-19)21(30)23(3,29(20)22)13-15-6-8-16(24)9-7-15;1-19(9-11-2-4-12(20)5-3-11)17(27)24(18-23-10-16(26)25(18)19)15-7-13(21)6-14(22)8-15/h6-12,14H,4-5,13H2,1-3H3;2-8H,9-10H2,1H3/t23-;19-/m11/s1. The smallest absolute Gasteiger partial charge is 0.386 e. The monoisotopic (exact) mass is 1070 g/mol. The molecule has 8 rings (SSSR count). The fourth-order valence-electron chi connectivity index (χ4n) is 7.56. The molecule has 0 N–H and O–H groups in total. The van der Waals surface area contributed by atoms with Crippen molar-refractivity contribution >= 4 is 127 Å². The van der Waals surface area contributed by atoms with Crippen LogP contribution in [0, 0.1) is 0 Å². The van der Waals surface area contributed by atoms with E-state index in [-0.39, 0.29) is 49.3 Å². The van der Waals surface area contributed by atoms with E-state index >= 15 is 0 Å². The minimum absolute atomic E-state index is 0.0172. The number of phosphoric acid groups is 1. The van der Waals surface area contributed by atoms with Crippen molar-refractivity contribution in [3.63, 3.8) is 0 Å². The highest BCUT2D eigenvalue weighted by molar-refractivity contribution is 9.10. The van der Waals surface area contributed by atoms with Crippen molar-refractivity contribution in [2.75, 3.05) is 29.6 Å². The molecule has 324 valence electrons. The van der Waals surface area contributed by atoms with Gasteiger partial charge in [0.15, 0.2) is 0 Å². The lowest BCUT2D eigenvalue weighted by molar-refractivity contribution is -0.135. The van der Waals surface area contributed by atoms with Crippen LogP contribution in [-0.2, 0) is 46.4 Å². The van der Waals surface area contributed by atoms with Gasteiger partial charge in [0, 0.05) is 41.9 Å². The Labute approximate surface area is 394 Å². The second kappa shape index (κ2) is 18.4. The summed E-state index contributed by atoms with van der Waals surface area (Å²) < 4.78 is 33.0. The number of rotatable bonds is 12. The molecule has 62 heavy (non-hydrogen) atoms. The van der Waals surface area contributed by atoms with Crippen LogP contribution in [0.4, 0.5) is 17.3 Å². The summed E-state index contributed by atoms with van der Waals surface area (Å²) in [6.07, 6.45) is 2.07. The molecule has 3 aliphatic rings. The first-order valence-electron chi connectivity index (χ1n) is 19.0. The number of guanidine groups is 1. The van der Waals surface area contributed by atoms with E-state index in [1.807, 2.05) is 48.5 Å². The van der Waals surface area contributed by atoms with Crippen molar-refractivity contribution in [2.24, 2.45) is 4.99 Å². The zero-order valence-electron chi connectivity index (χ0n) is 33.5. The van der Waals surface area contributed by atoms with Gasteiger partial charge >= 0.3 is 7.82 Å². The number of carbonyl (C=O) groups excluding carboxylic acids is 3. The fraction of sp³-hybridized carbons (Fsp3) is 0.262. The number of fused-ring (bicyclic) bond motifs is 2. The molecule has 0 aliphatic carbocycles. The first-order chi connectivity index (χ1) is 29.4. The van der Waals surface area contributed by atoms with Gasteiger partial charge in [-0.1, -0.05) is 103 Å². The number of aromatic nitrogens is 2. The molecular formula is C42H37Br2Cl4N6O7P. The molecule has 3 aliphatic heterocycles. The van der Waals surface area contributed by atoms with Gasteiger partial charge in [0.05, 0.1) is 30.8 Å². The molecule has 0 radical (unpaired) electrons. The van der Waals surface area contributed by atoms with E-state index in [0.29, 0.717) is 50.3 Å². The predicted molar refractivity (Wildman–Crippen MR) is 248 cm³/mol. The van der Waals surface area contributed by atoms with E-state index in [1.165, 1.54) is 20.9 Å². The Morgan fingerprint density at radius 3 is 1.63 bits per heavy atom. The summed E-state index contributed by atoms with van der Waals surface area (Å²) in [6.45, 7) is 7.14. The van der Waals surface area contributed by atoms with Crippen molar-refractivity contribution in [1.29, 1.82) is 0 Å². The zero-order valence-corrected chi connectivity index (χ0v) is 40.5. The molecule has 20 heteroatoms. The highest BCUT2D eigenvalue weighted by Gasteiger charge is 2.58. The van der Waals surface area contributed by atoms with E-state index in [0.717, 1.165) is 20.1 Å². The Hall–Kier alpha value is -3.76. The molecule has 0 spiro atoms. The Morgan fingerprint density at radius 1 is 0.694 bits per heavy atom. The largest absolute Gasteiger partial charge is 0.531 e. The van der Waals surface area contributed by atoms with Crippen LogP contribution in [0.25, 0.3) is 0 Å². The predicted octanol–water partition coefficient (Wildman–Crippen LogP) is 11.5. The van der Waals surface area contributed by atoms with E-state index in [2.05, 4.69) is 41.8 Å². The topological polar surface area (TPSA) is 136 Å². The number of carbonyl (C=O) groups is 3. The fourth-order valence-corrected chi connectivity index (χ4v) is 10.3. The van der Waals surface area contributed by atoms with Crippen molar-refractivity contribution in [3.8, 4) is 5.88 Å². The lowest BCUT2D eigenvalue weighted by Gasteiger charge is -2.29. The molecule has 2 atom stereocenters. The van der Waals surface area contributed by atoms with E-state index in [4.69, 9.17) is 60.0 Å². The third-order valence-electron chi connectivity index (χ3n) is 10.1. The van der Waals surface area contributed by atoms with Crippen molar-refractivity contribution < 1.29 is 32.5 Å². The number of hydrogen-bond donors (Lipinski definition) is 0. The lowest BCUT2D eigenvalue weighted by Crippen LogP contribution is -2.50. The first kappa shape index (κ1) is 46.2. The maximum Gasteiger partial charge on any atom is 0.531 e. The van der Waals surface area contributed by atoms with Gasteiger partial charge in [-0.2, -0.15) is 0 Å². The number of phosphoric ester groups is 1. The van der Waals surface area contributed by atoms with Crippen molar-refractivity contribution in [1.82, 2.24) is 14.5 Å². The normalized spacial score (nSPS) is 19.4. The number of imidazole rings is 1. The van der Waals surface area contributed by atoms with Crippen LogP contribution in [0.2, 0.25) is 20.1 Å². The van der Waals surface area contributed by atoms with Crippen LogP contribution < -0.4 is 14.3 Å². The number of anilines is 3. The number of benzene rings is 4. The number of nitrogens with zero attached hydrogens (tertiary/aromatic N) is 6. The maximum atomic E-state index is 14.0. The first-order valence-corrected chi connectivity index (χ1v) is 23.6. The number of aliphatic imine (C=N–C) groups is 1. The molecule has 3 amide bonds. The maximum absolute atomic E-state index is 14.0. The number of amides is 3. The Bertz CT molecular complexity index is 2600. The summed E-state index contributed by atoms with van der Waals surface area (Å²) in [6, 6.07) is 25.0. The Kier molecular flexibility index (Phi) is 13.7. The molecule has 1 fully saturated rings.